The van der Waals surface area contributed by atoms with E-state index in [1.165, 1.54) is 0 Å². The molecule has 2 aliphatic rings. The molecule has 1 saturated carbocycles. The van der Waals surface area contributed by atoms with Crippen molar-refractivity contribution >= 4 is 31.9 Å². The number of rotatable bonds is 5. The van der Waals surface area contributed by atoms with Crippen LogP contribution in [0.3, 0.4) is 0 Å². The summed E-state index contributed by atoms with van der Waals surface area (Å²) in [4.78, 5) is 13.6. The molecule has 2 fully saturated rings. The third-order valence-electron chi connectivity index (χ3n) is 6.13. The minimum absolute atomic E-state index is 0.0197. The van der Waals surface area contributed by atoms with Gasteiger partial charge in [-0.1, -0.05) is 64.5 Å². The Bertz CT molecular complexity index is 953. The first-order chi connectivity index (χ1) is 14.0. The van der Waals surface area contributed by atoms with Crippen LogP contribution in [0.1, 0.15) is 30.7 Å². The van der Waals surface area contributed by atoms with Gasteiger partial charge in [0.25, 0.3) is 0 Å². The van der Waals surface area contributed by atoms with Crippen molar-refractivity contribution in [3.05, 3.63) is 66.2 Å². The first kappa shape index (κ1) is 20.6. The lowest BCUT2D eigenvalue weighted by Crippen LogP contribution is -2.57. The van der Waals surface area contributed by atoms with E-state index in [-0.39, 0.29) is 35.2 Å². The number of hydrogen-bond donors (Lipinski definition) is 2. The van der Waals surface area contributed by atoms with Crippen LogP contribution in [0.4, 0.5) is 0 Å². The molecule has 29 heavy (non-hydrogen) atoms. The van der Waals surface area contributed by atoms with Crippen molar-refractivity contribution in [2.45, 2.75) is 40.9 Å². The molecule has 1 aliphatic carbocycles. The van der Waals surface area contributed by atoms with Crippen LogP contribution in [-0.4, -0.2) is 31.7 Å². The minimum Gasteiger partial charge on any atom is -0.353 e. The van der Waals surface area contributed by atoms with E-state index in [4.69, 9.17) is 0 Å². The SMILES string of the molecule is O=C1NC2CCC(Br)CC2C(c2ccccc2)C1CNS(=O)(=O)c1ccccc1. The zero-order valence-electron chi connectivity index (χ0n) is 16.0. The van der Waals surface area contributed by atoms with E-state index in [1.54, 1.807) is 30.3 Å². The molecule has 1 amide bonds. The summed E-state index contributed by atoms with van der Waals surface area (Å²) in [5.41, 5.74) is 1.10. The van der Waals surface area contributed by atoms with Crippen LogP contribution < -0.4 is 10.0 Å². The monoisotopic (exact) mass is 476 g/mol. The Kier molecular flexibility index (Phi) is 6.08. The standard InChI is InChI=1S/C22H25BrN2O3S/c23-16-11-12-20-18(13-16)21(15-7-3-1-4-8-15)19(22(26)25-20)14-24-29(27,28)17-9-5-2-6-10-17/h1-10,16,18-21,24H,11-14H2,(H,25,26). The van der Waals surface area contributed by atoms with Gasteiger partial charge in [-0.05, 0) is 42.9 Å². The normalized spacial score (nSPS) is 29.7. The molecule has 2 aromatic rings. The number of alkyl halides is 1. The average Bonchev–Trinajstić information content (AvgIpc) is 2.73. The van der Waals surface area contributed by atoms with Gasteiger partial charge in [0.2, 0.25) is 15.9 Å². The van der Waals surface area contributed by atoms with Gasteiger partial charge in [-0.3, -0.25) is 4.79 Å². The molecular formula is C22H25BrN2O3S. The molecule has 0 spiro atoms. The number of carbonyl (C=O) groups is 1. The first-order valence-corrected chi connectivity index (χ1v) is 12.4. The van der Waals surface area contributed by atoms with E-state index in [0.717, 1.165) is 24.8 Å². The fourth-order valence-corrected chi connectivity index (χ4v) is 6.51. The number of hydrogen-bond acceptors (Lipinski definition) is 3. The highest BCUT2D eigenvalue weighted by Crippen LogP contribution is 2.45. The molecule has 7 heteroatoms. The van der Waals surface area contributed by atoms with Gasteiger partial charge in [0.1, 0.15) is 0 Å². The van der Waals surface area contributed by atoms with Crippen molar-refractivity contribution in [3.8, 4) is 0 Å². The predicted molar refractivity (Wildman–Crippen MR) is 116 cm³/mol. The summed E-state index contributed by atoms with van der Waals surface area (Å²) in [6, 6.07) is 18.5. The zero-order valence-corrected chi connectivity index (χ0v) is 18.4. The first-order valence-electron chi connectivity index (χ1n) is 10.00. The van der Waals surface area contributed by atoms with E-state index in [9.17, 15) is 13.2 Å². The van der Waals surface area contributed by atoms with Gasteiger partial charge in [0, 0.05) is 23.3 Å². The van der Waals surface area contributed by atoms with Crippen LogP contribution in [0.2, 0.25) is 0 Å². The summed E-state index contributed by atoms with van der Waals surface area (Å²) >= 11 is 3.76. The summed E-state index contributed by atoms with van der Waals surface area (Å²) < 4.78 is 28.1. The smallest absolute Gasteiger partial charge is 0.240 e. The summed E-state index contributed by atoms with van der Waals surface area (Å²) in [6.07, 6.45) is 2.94. The van der Waals surface area contributed by atoms with Gasteiger partial charge in [0.05, 0.1) is 10.8 Å². The van der Waals surface area contributed by atoms with Crippen LogP contribution in [0.15, 0.2) is 65.6 Å². The summed E-state index contributed by atoms with van der Waals surface area (Å²) in [6.45, 7) is 0.0821. The number of sulfonamides is 1. The second-order valence-electron chi connectivity index (χ2n) is 7.90. The maximum atomic E-state index is 13.0. The molecule has 1 saturated heterocycles. The molecule has 5 atom stereocenters. The Morgan fingerprint density at radius 1 is 1.00 bits per heavy atom. The van der Waals surface area contributed by atoms with Crippen LogP contribution in [0, 0.1) is 11.8 Å². The lowest BCUT2D eigenvalue weighted by atomic mass is 9.66. The van der Waals surface area contributed by atoms with Crippen LogP contribution >= 0.6 is 15.9 Å². The van der Waals surface area contributed by atoms with E-state index in [0.29, 0.717) is 4.83 Å². The molecular weight excluding hydrogens is 452 g/mol. The topological polar surface area (TPSA) is 75.3 Å². The lowest BCUT2D eigenvalue weighted by molar-refractivity contribution is -0.130. The highest BCUT2D eigenvalue weighted by Gasteiger charge is 2.46. The number of carbonyl (C=O) groups excluding carboxylic acids is 1. The fourth-order valence-electron chi connectivity index (χ4n) is 4.74. The molecule has 4 rings (SSSR count). The van der Waals surface area contributed by atoms with Crippen molar-refractivity contribution in [1.29, 1.82) is 0 Å². The van der Waals surface area contributed by atoms with Crippen molar-refractivity contribution in [3.63, 3.8) is 0 Å². The number of halogens is 1. The molecule has 0 radical (unpaired) electrons. The van der Waals surface area contributed by atoms with Crippen LogP contribution in [0.25, 0.3) is 0 Å². The summed E-state index contributed by atoms with van der Waals surface area (Å²) in [5, 5.41) is 3.17. The Balaban J connectivity index is 1.62. The van der Waals surface area contributed by atoms with Crippen LogP contribution in [-0.2, 0) is 14.8 Å². The molecule has 1 aliphatic heterocycles. The van der Waals surface area contributed by atoms with Gasteiger partial charge in [-0.15, -0.1) is 0 Å². The van der Waals surface area contributed by atoms with Gasteiger partial charge in [0.15, 0.2) is 0 Å². The number of piperidine rings is 1. The highest BCUT2D eigenvalue weighted by molar-refractivity contribution is 9.09. The maximum Gasteiger partial charge on any atom is 0.240 e. The van der Waals surface area contributed by atoms with E-state index in [1.807, 2.05) is 18.2 Å². The Labute approximate surface area is 180 Å². The molecule has 2 aromatic carbocycles. The summed E-state index contributed by atoms with van der Waals surface area (Å²) in [7, 11) is -3.67. The third kappa shape index (κ3) is 4.42. The Morgan fingerprint density at radius 3 is 2.34 bits per heavy atom. The van der Waals surface area contributed by atoms with Crippen molar-refractivity contribution in [2.75, 3.05) is 6.54 Å². The van der Waals surface area contributed by atoms with E-state index < -0.39 is 15.9 Å². The van der Waals surface area contributed by atoms with E-state index >= 15 is 0 Å². The van der Waals surface area contributed by atoms with Crippen molar-refractivity contribution < 1.29 is 13.2 Å². The zero-order chi connectivity index (χ0) is 20.4. The summed E-state index contributed by atoms with van der Waals surface area (Å²) in [5.74, 6) is -0.257. The van der Waals surface area contributed by atoms with Gasteiger partial charge < -0.3 is 5.32 Å². The lowest BCUT2D eigenvalue weighted by Gasteiger charge is -2.47. The predicted octanol–water partition coefficient (Wildman–Crippen LogP) is 3.43. The largest absolute Gasteiger partial charge is 0.353 e. The Morgan fingerprint density at radius 2 is 1.66 bits per heavy atom. The maximum absolute atomic E-state index is 13.0. The Hall–Kier alpha value is -1.70. The van der Waals surface area contributed by atoms with Crippen molar-refractivity contribution in [2.24, 2.45) is 11.8 Å². The highest BCUT2D eigenvalue weighted by atomic mass is 79.9. The molecule has 5 unspecified atom stereocenters. The number of nitrogens with one attached hydrogen (secondary N) is 2. The number of amides is 1. The average molecular weight is 477 g/mol. The van der Waals surface area contributed by atoms with Crippen molar-refractivity contribution in [1.82, 2.24) is 10.0 Å². The molecule has 154 valence electrons. The molecule has 1 heterocycles. The molecule has 5 nitrogen and oxygen atoms in total. The van der Waals surface area contributed by atoms with Gasteiger partial charge in [-0.2, -0.15) is 0 Å². The molecule has 0 bridgehead atoms. The minimum atomic E-state index is -3.67. The van der Waals surface area contributed by atoms with Crippen LogP contribution in [0.5, 0.6) is 0 Å². The molecule has 0 aromatic heterocycles. The van der Waals surface area contributed by atoms with E-state index in [2.05, 4.69) is 38.1 Å². The number of fused-ring (bicyclic) bond motifs is 1. The second-order valence-corrected chi connectivity index (χ2v) is 11.0. The second kappa shape index (κ2) is 8.58. The molecule has 2 N–H and O–H groups in total. The van der Waals surface area contributed by atoms with Gasteiger partial charge in [-0.25, -0.2) is 13.1 Å². The third-order valence-corrected chi connectivity index (χ3v) is 8.40. The fraction of sp³-hybridized carbons (Fsp3) is 0.409. The quantitative estimate of drug-likeness (QED) is 0.649. The number of benzene rings is 2. The van der Waals surface area contributed by atoms with Gasteiger partial charge >= 0.3 is 0 Å².